The predicted octanol–water partition coefficient (Wildman–Crippen LogP) is 6.02. The Labute approximate surface area is 196 Å². The summed E-state index contributed by atoms with van der Waals surface area (Å²) < 4.78 is 6.00. The van der Waals surface area contributed by atoms with Crippen molar-refractivity contribution >= 4 is 40.0 Å². The maximum atomic E-state index is 12.9. The minimum atomic E-state index is -0.618. The van der Waals surface area contributed by atoms with Crippen LogP contribution in [-0.2, 0) is 17.8 Å². The van der Waals surface area contributed by atoms with Crippen molar-refractivity contribution in [2.45, 2.75) is 46.6 Å². The first kappa shape index (κ1) is 22.4. The molecule has 1 fully saturated rings. The van der Waals surface area contributed by atoms with Crippen LogP contribution in [0.25, 0.3) is 6.08 Å². The maximum absolute atomic E-state index is 12.9. The molecular weight excluding hydrogens is 438 g/mol. The van der Waals surface area contributed by atoms with Gasteiger partial charge in [0.15, 0.2) is 5.78 Å². The molecule has 0 unspecified atom stereocenters. The molecule has 32 heavy (non-hydrogen) atoms. The Hall–Kier alpha value is -2.77. The Bertz CT molecular complexity index is 1190. The third-order valence-electron chi connectivity index (χ3n) is 5.42. The van der Waals surface area contributed by atoms with Crippen LogP contribution in [0.2, 0.25) is 0 Å². The van der Waals surface area contributed by atoms with Gasteiger partial charge in [0.2, 0.25) is 0 Å². The molecule has 1 atom stereocenters. The van der Waals surface area contributed by atoms with E-state index in [9.17, 15) is 4.79 Å². The Morgan fingerprint density at radius 1 is 1.09 bits per heavy atom. The number of carbonyl (C=O) groups excluding carboxylic acids is 1. The van der Waals surface area contributed by atoms with Crippen LogP contribution in [0.1, 0.15) is 50.7 Å². The molecule has 5 nitrogen and oxygen atoms in total. The first-order valence-corrected chi connectivity index (χ1v) is 12.1. The molecule has 0 radical (unpaired) electrons. The summed E-state index contributed by atoms with van der Waals surface area (Å²) in [6, 6.07) is 12.0. The number of aromatic nitrogens is 2. The molecule has 1 aromatic heterocycles. The molecule has 0 bridgehead atoms. The topological polar surface area (TPSA) is 75.9 Å². The Morgan fingerprint density at radius 3 is 2.41 bits per heavy atom. The summed E-state index contributed by atoms with van der Waals surface area (Å²) in [6.45, 7) is 8.85. The van der Waals surface area contributed by atoms with Gasteiger partial charge in [0.05, 0.1) is 9.95 Å². The first-order chi connectivity index (χ1) is 15.4. The van der Waals surface area contributed by atoms with Crippen LogP contribution >= 0.6 is 23.1 Å². The quantitative estimate of drug-likeness (QED) is 0.452. The number of carbonyl (C=O) groups is 1. The summed E-state index contributed by atoms with van der Waals surface area (Å²) in [5.41, 5.74) is 5.84. The Morgan fingerprint density at radius 2 is 1.78 bits per heavy atom. The van der Waals surface area contributed by atoms with E-state index in [1.54, 1.807) is 0 Å². The van der Waals surface area contributed by atoms with E-state index in [1.807, 2.05) is 37.3 Å². The van der Waals surface area contributed by atoms with Crippen LogP contribution in [0.5, 0.6) is 5.75 Å². The van der Waals surface area contributed by atoms with Crippen molar-refractivity contribution in [1.29, 1.82) is 5.41 Å². The molecule has 4 rings (SSSR count). The third kappa shape index (κ3) is 4.69. The first-order valence-electron chi connectivity index (χ1n) is 10.5. The smallest absolute Gasteiger partial charge is 0.186 e. The van der Waals surface area contributed by atoms with Gasteiger partial charge in [0.1, 0.15) is 28.3 Å². The largest absolute Gasteiger partial charge is 0.489 e. The number of hydrogen-bond acceptors (Lipinski definition) is 7. The zero-order valence-electron chi connectivity index (χ0n) is 18.6. The van der Waals surface area contributed by atoms with Crippen LogP contribution in [0.15, 0.2) is 41.3 Å². The van der Waals surface area contributed by atoms with E-state index < -0.39 is 5.92 Å². The number of thioether (sulfide) groups is 1. The normalized spacial score (nSPS) is 17.4. The molecule has 0 aliphatic carbocycles. The van der Waals surface area contributed by atoms with Gasteiger partial charge >= 0.3 is 0 Å². The molecule has 1 saturated heterocycles. The molecule has 2 heterocycles. The molecule has 1 N–H and O–H groups in total. The Balaban J connectivity index is 1.45. The van der Waals surface area contributed by atoms with E-state index >= 15 is 0 Å². The summed E-state index contributed by atoms with van der Waals surface area (Å²) >= 11 is 2.62. The number of ether oxygens (including phenoxy) is 1. The maximum Gasteiger partial charge on any atom is 0.186 e. The van der Waals surface area contributed by atoms with Gasteiger partial charge in [-0.1, -0.05) is 48.5 Å². The molecule has 7 heteroatoms. The fraction of sp³-hybridized carbons (Fsp3) is 0.280. The fourth-order valence-corrected chi connectivity index (χ4v) is 5.70. The Kier molecular flexibility index (Phi) is 6.58. The molecule has 0 saturated carbocycles. The molecule has 2 aromatic carbocycles. The monoisotopic (exact) mass is 463 g/mol. The highest BCUT2D eigenvalue weighted by molar-refractivity contribution is 8.19. The van der Waals surface area contributed by atoms with Crippen molar-refractivity contribution in [1.82, 2.24) is 10.2 Å². The zero-order valence-corrected chi connectivity index (χ0v) is 20.2. The van der Waals surface area contributed by atoms with Gasteiger partial charge in [-0.15, -0.1) is 21.5 Å². The highest BCUT2D eigenvalue weighted by Gasteiger charge is 2.39. The lowest BCUT2D eigenvalue weighted by Gasteiger charge is -2.13. The third-order valence-corrected chi connectivity index (χ3v) is 7.55. The number of allylic oxidation sites excluding steroid dienone is 1. The number of aryl methyl sites for hydroxylation is 4. The number of nitrogens with one attached hydrogen (secondary N) is 1. The highest BCUT2D eigenvalue weighted by atomic mass is 32.2. The van der Waals surface area contributed by atoms with E-state index in [-0.39, 0.29) is 5.78 Å². The molecule has 1 aliphatic heterocycles. The minimum absolute atomic E-state index is 0.0792. The molecule has 0 amide bonds. The summed E-state index contributed by atoms with van der Waals surface area (Å²) in [6.07, 6.45) is 2.61. The molecule has 164 valence electrons. The van der Waals surface area contributed by atoms with Crippen LogP contribution in [0, 0.1) is 26.2 Å². The standard InChI is InChI=1S/C25H25N3O2S2/c1-5-21-27-28-25(32-21)22-23(29)20(31-24(22)26)12-17-6-8-18(9-7-17)30-13-19-15(3)10-14(2)11-16(19)4/h6-12,22,26H,5,13H2,1-4H3/b20-12-,26-24?/t22-/m1/s1. The van der Waals surface area contributed by atoms with Gasteiger partial charge in [0, 0.05) is 0 Å². The van der Waals surface area contributed by atoms with Crippen molar-refractivity contribution in [2.75, 3.05) is 0 Å². The number of Topliss-reactive ketones (excluding diaryl/α,β-unsaturated/α-hetero) is 1. The van der Waals surface area contributed by atoms with Crippen molar-refractivity contribution in [3.8, 4) is 5.75 Å². The summed E-state index contributed by atoms with van der Waals surface area (Å²) in [4.78, 5) is 13.5. The second-order valence-corrected chi connectivity index (χ2v) is 10.1. The van der Waals surface area contributed by atoms with Crippen LogP contribution < -0.4 is 4.74 Å². The van der Waals surface area contributed by atoms with Crippen molar-refractivity contribution in [2.24, 2.45) is 0 Å². The lowest BCUT2D eigenvalue weighted by atomic mass is 10.0. The van der Waals surface area contributed by atoms with E-state index in [2.05, 4.69) is 43.1 Å². The minimum Gasteiger partial charge on any atom is -0.489 e. The van der Waals surface area contributed by atoms with Crippen LogP contribution in [0.4, 0.5) is 0 Å². The molecule has 1 aliphatic rings. The van der Waals surface area contributed by atoms with Crippen molar-refractivity contribution < 1.29 is 9.53 Å². The van der Waals surface area contributed by atoms with Gasteiger partial charge in [-0.2, -0.15) is 0 Å². The van der Waals surface area contributed by atoms with Gasteiger partial charge in [-0.3, -0.25) is 10.2 Å². The van der Waals surface area contributed by atoms with E-state index in [4.69, 9.17) is 10.1 Å². The molecule has 3 aromatic rings. The van der Waals surface area contributed by atoms with Gasteiger partial charge in [-0.05, 0) is 67.7 Å². The van der Waals surface area contributed by atoms with Crippen molar-refractivity contribution in [3.05, 3.63) is 79.1 Å². The zero-order chi connectivity index (χ0) is 22.8. The lowest BCUT2D eigenvalue weighted by Crippen LogP contribution is -2.11. The molecule has 0 spiro atoms. The number of nitrogens with zero attached hydrogens (tertiary/aromatic N) is 2. The van der Waals surface area contributed by atoms with Gasteiger partial charge < -0.3 is 4.74 Å². The second kappa shape index (κ2) is 9.38. The fourth-order valence-electron chi connectivity index (χ4n) is 3.74. The summed E-state index contributed by atoms with van der Waals surface area (Å²) in [5.74, 6) is 0.0839. The van der Waals surface area contributed by atoms with E-state index in [0.717, 1.165) is 22.7 Å². The predicted molar refractivity (Wildman–Crippen MR) is 132 cm³/mol. The average molecular weight is 464 g/mol. The average Bonchev–Trinajstić information content (AvgIpc) is 3.32. The molecular formula is C25H25N3O2S2. The number of hydrogen-bond donors (Lipinski definition) is 1. The lowest BCUT2D eigenvalue weighted by molar-refractivity contribution is -0.114. The van der Waals surface area contributed by atoms with Crippen LogP contribution in [0.3, 0.4) is 0 Å². The van der Waals surface area contributed by atoms with E-state index in [1.165, 1.54) is 45.4 Å². The number of rotatable bonds is 6. The van der Waals surface area contributed by atoms with E-state index in [0.29, 0.717) is 21.6 Å². The summed E-state index contributed by atoms with van der Waals surface area (Å²) in [5, 5.41) is 18.3. The van der Waals surface area contributed by atoms with Crippen molar-refractivity contribution in [3.63, 3.8) is 0 Å². The van der Waals surface area contributed by atoms with Crippen LogP contribution in [-0.4, -0.2) is 21.0 Å². The van der Waals surface area contributed by atoms with Gasteiger partial charge in [0.25, 0.3) is 0 Å². The summed E-state index contributed by atoms with van der Waals surface area (Å²) in [7, 11) is 0. The number of ketones is 1. The second-order valence-electron chi connectivity index (χ2n) is 7.89. The SMILES string of the molecule is CCc1nnc([C@H]2C(=N)S/C(=C\c3ccc(OCc4c(C)cc(C)cc4C)cc3)C2=O)s1. The highest BCUT2D eigenvalue weighted by Crippen LogP contribution is 2.41. The van der Waals surface area contributed by atoms with Gasteiger partial charge in [-0.25, -0.2) is 0 Å². The number of benzene rings is 2.